The molecule has 0 radical (unpaired) electrons. The van der Waals surface area contributed by atoms with E-state index in [1.54, 1.807) is 39.5 Å². The van der Waals surface area contributed by atoms with Gasteiger partial charge in [-0.05, 0) is 62.4 Å². The SMILES string of the molecule is CC[C@@H](C)C(=O)N[C@H](C(=O)N1CCC[C@H]1CN(CCc1ccc(F)cc1)C(=O)c1cn2ccccc2n1)[C@@H](C)OC. The maximum atomic E-state index is 13.8. The molecule has 1 aliphatic rings. The lowest BCUT2D eigenvalue weighted by Crippen LogP contribution is -2.57. The molecule has 3 amide bonds. The minimum Gasteiger partial charge on any atom is -0.379 e. The van der Waals surface area contributed by atoms with Crippen molar-refractivity contribution < 1.29 is 23.5 Å². The monoisotopic (exact) mass is 565 g/mol. The summed E-state index contributed by atoms with van der Waals surface area (Å²) in [7, 11) is 1.52. The molecule has 4 atom stereocenters. The summed E-state index contributed by atoms with van der Waals surface area (Å²) in [4.78, 5) is 48.4. The molecular formula is C31H40FN5O4. The van der Waals surface area contributed by atoms with Crippen LogP contribution in [-0.4, -0.2) is 81.8 Å². The Kier molecular flexibility index (Phi) is 10.1. The van der Waals surface area contributed by atoms with Gasteiger partial charge in [0.2, 0.25) is 11.8 Å². The van der Waals surface area contributed by atoms with Crippen molar-refractivity contribution in [3.8, 4) is 0 Å². The highest BCUT2D eigenvalue weighted by atomic mass is 19.1. The quantitative estimate of drug-likeness (QED) is 0.361. The average molecular weight is 566 g/mol. The van der Waals surface area contributed by atoms with Gasteiger partial charge < -0.3 is 24.3 Å². The van der Waals surface area contributed by atoms with E-state index in [1.807, 2.05) is 38.2 Å². The molecule has 3 heterocycles. The minimum atomic E-state index is -0.830. The van der Waals surface area contributed by atoms with Crippen LogP contribution in [-0.2, 0) is 20.7 Å². The normalized spacial score (nSPS) is 17.3. The van der Waals surface area contributed by atoms with Gasteiger partial charge in [-0.15, -0.1) is 0 Å². The summed E-state index contributed by atoms with van der Waals surface area (Å²) in [5, 5.41) is 2.90. The van der Waals surface area contributed by atoms with Crippen molar-refractivity contribution in [2.24, 2.45) is 5.92 Å². The molecule has 0 saturated carbocycles. The second-order valence-electron chi connectivity index (χ2n) is 10.8. The Morgan fingerprint density at radius 3 is 2.61 bits per heavy atom. The van der Waals surface area contributed by atoms with Crippen LogP contribution < -0.4 is 5.32 Å². The zero-order valence-electron chi connectivity index (χ0n) is 24.3. The van der Waals surface area contributed by atoms with Crippen molar-refractivity contribution in [2.75, 3.05) is 26.7 Å². The van der Waals surface area contributed by atoms with Crippen molar-refractivity contribution in [3.63, 3.8) is 0 Å². The number of amides is 3. The predicted molar refractivity (Wildman–Crippen MR) is 154 cm³/mol. The Morgan fingerprint density at radius 2 is 1.93 bits per heavy atom. The number of rotatable bonds is 12. The first-order valence-corrected chi connectivity index (χ1v) is 14.3. The third-order valence-corrected chi connectivity index (χ3v) is 8.01. The number of aromatic nitrogens is 2. The summed E-state index contributed by atoms with van der Waals surface area (Å²) in [6.45, 7) is 6.75. The van der Waals surface area contributed by atoms with Gasteiger partial charge in [0.15, 0.2) is 0 Å². The highest BCUT2D eigenvalue weighted by Crippen LogP contribution is 2.22. The smallest absolute Gasteiger partial charge is 0.274 e. The summed E-state index contributed by atoms with van der Waals surface area (Å²) in [5.41, 5.74) is 1.89. The highest BCUT2D eigenvalue weighted by Gasteiger charge is 2.38. The van der Waals surface area contributed by atoms with Crippen LogP contribution >= 0.6 is 0 Å². The van der Waals surface area contributed by atoms with E-state index in [1.165, 1.54) is 19.2 Å². The van der Waals surface area contributed by atoms with E-state index in [0.717, 1.165) is 18.4 Å². The Labute approximate surface area is 240 Å². The molecule has 1 aliphatic heterocycles. The molecule has 1 N–H and O–H groups in total. The molecule has 220 valence electrons. The molecule has 1 saturated heterocycles. The first-order chi connectivity index (χ1) is 19.7. The van der Waals surface area contributed by atoms with Crippen molar-refractivity contribution in [1.82, 2.24) is 24.5 Å². The van der Waals surface area contributed by atoms with Gasteiger partial charge in [0, 0.05) is 51.1 Å². The summed E-state index contributed by atoms with van der Waals surface area (Å²) in [5.74, 6) is -1.17. The molecule has 9 nitrogen and oxygen atoms in total. The van der Waals surface area contributed by atoms with Crippen molar-refractivity contribution in [3.05, 3.63) is 71.9 Å². The van der Waals surface area contributed by atoms with Gasteiger partial charge in [0.1, 0.15) is 23.2 Å². The second kappa shape index (κ2) is 13.7. The van der Waals surface area contributed by atoms with Crippen LogP contribution in [0, 0.1) is 11.7 Å². The first kappa shape index (κ1) is 30.2. The Hall–Kier alpha value is -3.79. The second-order valence-corrected chi connectivity index (χ2v) is 10.8. The number of methoxy groups -OCH3 is 1. The zero-order chi connectivity index (χ0) is 29.5. The van der Waals surface area contributed by atoms with Gasteiger partial charge in [-0.3, -0.25) is 14.4 Å². The number of fused-ring (bicyclic) bond motifs is 1. The number of halogens is 1. The number of nitrogens with one attached hydrogen (secondary N) is 1. The fourth-order valence-corrected chi connectivity index (χ4v) is 5.14. The van der Waals surface area contributed by atoms with Crippen LogP contribution in [0.15, 0.2) is 54.9 Å². The number of likely N-dealkylation sites (tertiary alicyclic amines) is 1. The summed E-state index contributed by atoms with van der Waals surface area (Å²) < 4.78 is 20.7. The molecule has 3 aromatic rings. The average Bonchev–Trinajstić information content (AvgIpc) is 3.64. The molecule has 0 aliphatic carbocycles. The number of nitrogens with zero attached hydrogens (tertiary/aromatic N) is 4. The number of ether oxygens (including phenoxy) is 1. The third kappa shape index (κ3) is 7.30. The summed E-state index contributed by atoms with van der Waals surface area (Å²) in [6.07, 6.45) is 5.72. The predicted octanol–water partition coefficient (Wildman–Crippen LogP) is 3.72. The van der Waals surface area contributed by atoms with E-state index in [0.29, 0.717) is 43.8 Å². The molecule has 0 spiro atoms. The summed E-state index contributed by atoms with van der Waals surface area (Å²) in [6, 6.07) is 10.7. The van der Waals surface area contributed by atoms with Gasteiger partial charge in [-0.25, -0.2) is 9.37 Å². The first-order valence-electron chi connectivity index (χ1n) is 14.3. The molecule has 10 heteroatoms. The molecule has 0 bridgehead atoms. The van der Waals surface area contributed by atoms with Crippen LogP contribution in [0.2, 0.25) is 0 Å². The van der Waals surface area contributed by atoms with Gasteiger partial charge in [0.25, 0.3) is 5.91 Å². The van der Waals surface area contributed by atoms with Crippen LogP contribution in [0.5, 0.6) is 0 Å². The topological polar surface area (TPSA) is 96.2 Å². The van der Waals surface area contributed by atoms with E-state index in [-0.39, 0.29) is 35.5 Å². The zero-order valence-corrected chi connectivity index (χ0v) is 24.3. The standard InChI is InChI=1S/C31H40FN5O4/c1-5-21(2)29(38)34-28(22(3)41-4)31(40)37-17-8-9-25(37)19-36(18-15-23-11-13-24(32)14-12-23)30(39)26-20-35-16-7-6-10-27(35)33-26/h6-7,10-14,16,20-22,25,28H,5,8-9,15,17-19H2,1-4H3,(H,34,38)/t21-,22-,25+,28+/m1/s1. The van der Waals surface area contributed by atoms with Gasteiger partial charge >= 0.3 is 0 Å². The Morgan fingerprint density at radius 1 is 1.17 bits per heavy atom. The lowest BCUT2D eigenvalue weighted by molar-refractivity contribution is -0.141. The Bertz CT molecular complexity index is 1310. The number of benzene rings is 1. The fourth-order valence-electron chi connectivity index (χ4n) is 5.14. The largest absolute Gasteiger partial charge is 0.379 e. The lowest BCUT2D eigenvalue weighted by atomic mass is 10.1. The highest BCUT2D eigenvalue weighted by molar-refractivity contribution is 5.93. The third-order valence-electron chi connectivity index (χ3n) is 8.01. The van der Waals surface area contributed by atoms with E-state index >= 15 is 0 Å². The maximum Gasteiger partial charge on any atom is 0.274 e. The number of hydrogen-bond acceptors (Lipinski definition) is 5. The van der Waals surface area contributed by atoms with E-state index in [9.17, 15) is 18.8 Å². The molecular weight excluding hydrogens is 525 g/mol. The molecule has 4 rings (SSSR count). The van der Waals surface area contributed by atoms with Gasteiger partial charge in [0.05, 0.1) is 6.10 Å². The molecule has 2 aromatic heterocycles. The number of hydrogen-bond donors (Lipinski definition) is 1. The fraction of sp³-hybridized carbons (Fsp3) is 0.484. The van der Waals surface area contributed by atoms with Crippen LogP contribution in [0.3, 0.4) is 0 Å². The van der Waals surface area contributed by atoms with Crippen LogP contribution in [0.1, 0.15) is 56.1 Å². The van der Waals surface area contributed by atoms with E-state index in [2.05, 4.69) is 10.3 Å². The number of imidazole rings is 1. The lowest BCUT2D eigenvalue weighted by Gasteiger charge is -2.34. The number of carbonyl (C=O) groups is 3. The minimum absolute atomic E-state index is 0.187. The molecule has 1 fully saturated rings. The van der Waals surface area contributed by atoms with Crippen LogP contribution in [0.25, 0.3) is 5.65 Å². The number of carbonyl (C=O) groups excluding carboxylic acids is 3. The van der Waals surface area contributed by atoms with Gasteiger partial charge in [-0.1, -0.05) is 32.0 Å². The molecule has 41 heavy (non-hydrogen) atoms. The Balaban J connectivity index is 1.56. The van der Waals surface area contributed by atoms with E-state index < -0.39 is 12.1 Å². The van der Waals surface area contributed by atoms with Gasteiger partial charge in [-0.2, -0.15) is 0 Å². The maximum absolute atomic E-state index is 13.8. The van der Waals surface area contributed by atoms with Crippen molar-refractivity contribution >= 4 is 23.4 Å². The number of pyridine rings is 1. The van der Waals surface area contributed by atoms with E-state index in [4.69, 9.17) is 4.74 Å². The molecule has 0 unspecified atom stereocenters. The molecule has 1 aromatic carbocycles. The van der Waals surface area contributed by atoms with Crippen molar-refractivity contribution in [2.45, 2.75) is 64.6 Å². The van der Waals surface area contributed by atoms with Crippen molar-refractivity contribution in [1.29, 1.82) is 0 Å². The van der Waals surface area contributed by atoms with Crippen LogP contribution in [0.4, 0.5) is 4.39 Å². The summed E-state index contributed by atoms with van der Waals surface area (Å²) >= 11 is 0.